The fourth-order valence-corrected chi connectivity index (χ4v) is 3.43. The first-order valence-corrected chi connectivity index (χ1v) is 9.38. The van der Waals surface area contributed by atoms with E-state index in [1.54, 1.807) is 18.6 Å². The first-order chi connectivity index (χ1) is 13.9. The molecule has 0 amide bonds. The standard InChI is InChI=1S/C20H20N6O2/c1-2-16-14(3-6-23-20(16)28-12-13-4-9-27-10-5-13)11-15(1)24-19-17-18(25-26-19)22-8-7-21-17/h1-3,6-8,11,13H,4-5,9-10,12H2,(H2,22,24,25,26). The molecule has 1 saturated heterocycles. The SMILES string of the molecule is c1cc2cc(Nc3n[nH]c4nccnc34)ccc2c(OCC2CCOCC2)n1. The lowest BCUT2D eigenvalue weighted by Gasteiger charge is -2.22. The van der Waals surface area contributed by atoms with Crippen molar-refractivity contribution in [1.29, 1.82) is 0 Å². The maximum Gasteiger partial charge on any atom is 0.221 e. The van der Waals surface area contributed by atoms with Crippen molar-refractivity contribution in [3.8, 4) is 5.88 Å². The summed E-state index contributed by atoms with van der Waals surface area (Å²) in [5, 5.41) is 12.5. The van der Waals surface area contributed by atoms with E-state index in [1.807, 2.05) is 18.2 Å². The number of hydrogen-bond donors (Lipinski definition) is 2. The third kappa shape index (κ3) is 3.34. The predicted molar refractivity (Wildman–Crippen MR) is 106 cm³/mol. The lowest BCUT2D eigenvalue weighted by atomic mass is 10.0. The van der Waals surface area contributed by atoms with E-state index in [4.69, 9.17) is 9.47 Å². The summed E-state index contributed by atoms with van der Waals surface area (Å²) in [7, 11) is 0. The summed E-state index contributed by atoms with van der Waals surface area (Å²) < 4.78 is 11.5. The predicted octanol–water partition coefficient (Wildman–Crippen LogP) is 3.45. The Labute approximate surface area is 161 Å². The highest BCUT2D eigenvalue weighted by Gasteiger charge is 2.15. The fourth-order valence-electron chi connectivity index (χ4n) is 3.43. The minimum atomic E-state index is 0.529. The number of benzene rings is 1. The molecule has 1 fully saturated rings. The molecule has 2 N–H and O–H groups in total. The molecule has 4 heterocycles. The molecule has 142 valence electrons. The molecular formula is C20H20N6O2. The molecule has 5 rings (SSSR count). The summed E-state index contributed by atoms with van der Waals surface area (Å²) in [5.41, 5.74) is 2.27. The van der Waals surface area contributed by atoms with Crippen molar-refractivity contribution in [2.24, 2.45) is 5.92 Å². The molecule has 0 aliphatic carbocycles. The zero-order chi connectivity index (χ0) is 18.8. The second-order valence-electron chi connectivity index (χ2n) is 6.87. The van der Waals surface area contributed by atoms with Crippen LogP contribution in [0.25, 0.3) is 21.9 Å². The van der Waals surface area contributed by atoms with Crippen molar-refractivity contribution >= 4 is 33.4 Å². The van der Waals surface area contributed by atoms with Crippen LogP contribution < -0.4 is 10.1 Å². The first-order valence-electron chi connectivity index (χ1n) is 9.38. The van der Waals surface area contributed by atoms with Crippen LogP contribution in [0.5, 0.6) is 5.88 Å². The van der Waals surface area contributed by atoms with Crippen molar-refractivity contribution in [3.63, 3.8) is 0 Å². The number of anilines is 2. The van der Waals surface area contributed by atoms with Gasteiger partial charge in [0.2, 0.25) is 5.88 Å². The van der Waals surface area contributed by atoms with Gasteiger partial charge in [0, 0.05) is 42.9 Å². The molecule has 0 saturated carbocycles. The van der Waals surface area contributed by atoms with Crippen molar-refractivity contribution in [2.45, 2.75) is 12.8 Å². The summed E-state index contributed by atoms with van der Waals surface area (Å²) in [6, 6.07) is 8.03. The van der Waals surface area contributed by atoms with Gasteiger partial charge in [-0.05, 0) is 48.4 Å². The van der Waals surface area contributed by atoms with E-state index >= 15 is 0 Å². The summed E-state index contributed by atoms with van der Waals surface area (Å²) in [5.74, 6) is 1.85. The van der Waals surface area contributed by atoms with Crippen LogP contribution in [-0.2, 0) is 4.74 Å². The lowest BCUT2D eigenvalue weighted by Crippen LogP contribution is -2.21. The van der Waals surface area contributed by atoms with Crippen molar-refractivity contribution < 1.29 is 9.47 Å². The van der Waals surface area contributed by atoms with Gasteiger partial charge in [0.25, 0.3) is 0 Å². The van der Waals surface area contributed by atoms with E-state index in [-0.39, 0.29) is 0 Å². The number of aromatic amines is 1. The Kier molecular flexibility index (Phi) is 4.46. The number of rotatable bonds is 5. The van der Waals surface area contributed by atoms with Crippen LogP contribution in [-0.4, -0.2) is 45.0 Å². The van der Waals surface area contributed by atoms with Crippen LogP contribution in [0.2, 0.25) is 0 Å². The van der Waals surface area contributed by atoms with Gasteiger partial charge in [0.1, 0.15) is 0 Å². The molecule has 1 aromatic carbocycles. The van der Waals surface area contributed by atoms with Gasteiger partial charge in [-0.3, -0.25) is 5.10 Å². The maximum atomic E-state index is 6.04. The van der Waals surface area contributed by atoms with E-state index < -0.39 is 0 Å². The molecule has 0 unspecified atom stereocenters. The maximum absolute atomic E-state index is 6.04. The molecule has 1 aliphatic heterocycles. The number of nitrogens with zero attached hydrogens (tertiary/aromatic N) is 4. The second-order valence-corrected chi connectivity index (χ2v) is 6.87. The number of fused-ring (bicyclic) bond motifs is 2. The molecular weight excluding hydrogens is 356 g/mol. The molecule has 0 spiro atoms. The fraction of sp³-hybridized carbons (Fsp3) is 0.300. The summed E-state index contributed by atoms with van der Waals surface area (Å²) in [6.07, 6.45) is 7.14. The van der Waals surface area contributed by atoms with Gasteiger partial charge in [-0.2, -0.15) is 5.10 Å². The number of pyridine rings is 1. The minimum absolute atomic E-state index is 0.529. The van der Waals surface area contributed by atoms with E-state index in [9.17, 15) is 0 Å². The third-order valence-electron chi connectivity index (χ3n) is 4.98. The van der Waals surface area contributed by atoms with Crippen LogP contribution in [0.15, 0.2) is 42.9 Å². The van der Waals surface area contributed by atoms with Gasteiger partial charge >= 0.3 is 0 Å². The van der Waals surface area contributed by atoms with Crippen molar-refractivity contribution in [2.75, 3.05) is 25.1 Å². The molecule has 1 aliphatic rings. The van der Waals surface area contributed by atoms with E-state index in [2.05, 4.69) is 36.5 Å². The third-order valence-corrected chi connectivity index (χ3v) is 4.98. The van der Waals surface area contributed by atoms with Gasteiger partial charge in [-0.15, -0.1) is 0 Å². The average molecular weight is 376 g/mol. The number of hydrogen-bond acceptors (Lipinski definition) is 7. The number of ether oxygens (including phenoxy) is 2. The quantitative estimate of drug-likeness (QED) is 0.550. The molecule has 0 bridgehead atoms. The van der Waals surface area contributed by atoms with E-state index in [0.717, 1.165) is 42.5 Å². The van der Waals surface area contributed by atoms with Gasteiger partial charge in [0.05, 0.1) is 6.61 Å². The Balaban J connectivity index is 1.37. The van der Waals surface area contributed by atoms with Gasteiger partial charge in [-0.25, -0.2) is 15.0 Å². The van der Waals surface area contributed by atoms with Crippen LogP contribution in [0.4, 0.5) is 11.5 Å². The van der Waals surface area contributed by atoms with Crippen LogP contribution >= 0.6 is 0 Å². The monoisotopic (exact) mass is 376 g/mol. The average Bonchev–Trinajstić information content (AvgIpc) is 3.16. The van der Waals surface area contributed by atoms with Gasteiger partial charge < -0.3 is 14.8 Å². The second kappa shape index (κ2) is 7.40. The number of aromatic nitrogens is 5. The highest BCUT2D eigenvalue weighted by molar-refractivity contribution is 5.91. The van der Waals surface area contributed by atoms with Gasteiger partial charge in [0.15, 0.2) is 17.0 Å². The number of nitrogens with one attached hydrogen (secondary N) is 2. The van der Waals surface area contributed by atoms with E-state index in [0.29, 0.717) is 35.4 Å². The highest BCUT2D eigenvalue weighted by atomic mass is 16.5. The Morgan fingerprint density at radius 3 is 2.89 bits per heavy atom. The molecule has 3 aromatic heterocycles. The molecule has 4 aromatic rings. The lowest BCUT2D eigenvalue weighted by molar-refractivity contribution is 0.0493. The van der Waals surface area contributed by atoms with Gasteiger partial charge in [-0.1, -0.05) is 0 Å². The minimum Gasteiger partial charge on any atom is -0.477 e. The topological polar surface area (TPSA) is 97.8 Å². The van der Waals surface area contributed by atoms with Crippen molar-refractivity contribution in [3.05, 3.63) is 42.9 Å². The van der Waals surface area contributed by atoms with Crippen LogP contribution in [0.1, 0.15) is 12.8 Å². The smallest absolute Gasteiger partial charge is 0.221 e. The van der Waals surface area contributed by atoms with E-state index in [1.165, 1.54) is 0 Å². The Hall–Kier alpha value is -3.26. The van der Waals surface area contributed by atoms with Crippen LogP contribution in [0.3, 0.4) is 0 Å². The first kappa shape index (κ1) is 16.9. The summed E-state index contributed by atoms with van der Waals surface area (Å²) in [6.45, 7) is 2.31. The molecule has 8 nitrogen and oxygen atoms in total. The zero-order valence-electron chi connectivity index (χ0n) is 15.3. The molecule has 28 heavy (non-hydrogen) atoms. The summed E-state index contributed by atoms with van der Waals surface area (Å²) >= 11 is 0. The zero-order valence-corrected chi connectivity index (χ0v) is 15.3. The highest BCUT2D eigenvalue weighted by Crippen LogP contribution is 2.29. The Morgan fingerprint density at radius 1 is 1.07 bits per heavy atom. The molecule has 0 radical (unpaired) electrons. The van der Waals surface area contributed by atoms with Crippen molar-refractivity contribution in [1.82, 2.24) is 25.1 Å². The Bertz CT molecular complexity index is 1110. The molecule has 0 atom stereocenters. The Morgan fingerprint density at radius 2 is 1.96 bits per heavy atom. The molecule has 8 heteroatoms. The number of H-pyrrole nitrogens is 1. The normalized spacial score (nSPS) is 15.1. The largest absolute Gasteiger partial charge is 0.477 e. The van der Waals surface area contributed by atoms with Crippen LogP contribution in [0, 0.1) is 5.92 Å². The summed E-state index contributed by atoms with van der Waals surface area (Å²) in [4.78, 5) is 13.0.